The highest BCUT2D eigenvalue weighted by Gasteiger charge is 2.20. The second kappa shape index (κ2) is 7.31. The molecule has 2 N–H and O–H groups in total. The number of hydrogen-bond donors (Lipinski definition) is 2. The first-order valence-corrected chi connectivity index (χ1v) is 7.50. The SMILES string of the molecule is COc1cc(NC(=O)NCCC2CCCN2C)ccc1C. The minimum Gasteiger partial charge on any atom is -0.496 e. The van der Waals surface area contributed by atoms with E-state index in [1.54, 1.807) is 7.11 Å². The van der Waals surface area contributed by atoms with Gasteiger partial charge in [-0.25, -0.2) is 4.79 Å². The molecule has 0 aromatic heterocycles. The minimum atomic E-state index is -0.165. The standard InChI is InChI=1S/C16H25N3O2/c1-12-6-7-13(11-15(12)21-3)18-16(20)17-9-8-14-5-4-10-19(14)2/h6-7,11,14H,4-5,8-10H2,1-3H3,(H2,17,18,20). The lowest BCUT2D eigenvalue weighted by Crippen LogP contribution is -2.34. The van der Waals surface area contributed by atoms with Crippen molar-refractivity contribution in [3.63, 3.8) is 0 Å². The zero-order valence-corrected chi connectivity index (χ0v) is 13.1. The van der Waals surface area contributed by atoms with Gasteiger partial charge in [0.25, 0.3) is 0 Å². The molecule has 1 aliphatic heterocycles. The van der Waals surface area contributed by atoms with Crippen molar-refractivity contribution in [2.75, 3.05) is 32.6 Å². The first-order valence-electron chi connectivity index (χ1n) is 7.50. The third kappa shape index (κ3) is 4.36. The van der Waals surface area contributed by atoms with Crippen LogP contribution in [0.1, 0.15) is 24.8 Å². The number of carbonyl (C=O) groups is 1. The van der Waals surface area contributed by atoms with Gasteiger partial charge in [0.05, 0.1) is 7.11 Å². The Kier molecular flexibility index (Phi) is 5.44. The topological polar surface area (TPSA) is 53.6 Å². The summed E-state index contributed by atoms with van der Waals surface area (Å²) in [5.41, 5.74) is 1.79. The van der Waals surface area contributed by atoms with Crippen LogP contribution in [0.4, 0.5) is 10.5 Å². The molecule has 0 saturated carbocycles. The second-order valence-electron chi connectivity index (χ2n) is 5.63. The van der Waals surface area contributed by atoms with Crippen LogP contribution in [-0.4, -0.2) is 44.2 Å². The van der Waals surface area contributed by atoms with E-state index in [1.165, 1.54) is 19.4 Å². The molecule has 1 atom stereocenters. The summed E-state index contributed by atoms with van der Waals surface area (Å²) in [7, 11) is 3.78. The van der Waals surface area contributed by atoms with Crippen molar-refractivity contribution < 1.29 is 9.53 Å². The fraction of sp³-hybridized carbons (Fsp3) is 0.562. The highest BCUT2D eigenvalue weighted by molar-refractivity contribution is 5.89. The van der Waals surface area contributed by atoms with Gasteiger partial charge in [0.1, 0.15) is 5.75 Å². The number of nitrogens with one attached hydrogen (secondary N) is 2. The molecule has 1 saturated heterocycles. The van der Waals surface area contributed by atoms with Crippen molar-refractivity contribution in [3.05, 3.63) is 23.8 Å². The van der Waals surface area contributed by atoms with E-state index in [0.717, 1.165) is 23.4 Å². The zero-order valence-electron chi connectivity index (χ0n) is 13.1. The Labute approximate surface area is 126 Å². The Bertz CT molecular complexity index is 490. The van der Waals surface area contributed by atoms with Gasteiger partial charge in [-0.15, -0.1) is 0 Å². The van der Waals surface area contributed by atoms with Crippen molar-refractivity contribution in [1.82, 2.24) is 10.2 Å². The number of carbonyl (C=O) groups excluding carboxylic acids is 1. The van der Waals surface area contributed by atoms with E-state index in [4.69, 9.17) is 4.74 Å². The second-order valence-corrected chi connectivity index (χ2v) is 5.63. The van der Waals surface area contributed by atoms with Crippen molar-refractivity contribution >= 4 is 11.7 Å². The molecule has 2 rings (SSSR count). The predicted octanol–water partition coefficient (Wildman–Crippen LogP) is 2.61. The molecule has 0 bridgehead atoms. The van der Waals surface area contributed by atoms with Crippen molar-refractivity contribution in [2.45, 2.75) is 32.2 Å². The van der Waals surface area contributed by atoms with Crippen LogP contribution in [0.5, 0.6) is 5.75 Å². The van der Waals surface area contributed by atoms with E-state index in [9.17, 15) is 4.79 Å². The smallest absolute Gasteiger partial charge is 0.319 e. The minimum absolute atomic E-state index is 0.165. The molecule has 1 unspecified atom stereocenters. The van der Waals surface area contributed by atoms with Gasteiger partial charge in [-0.1, -0.05) is 6.07 Å². The Morgan fingerprint density at radius 1 is 1.48 bits per heavy atom. The van der Waals surface area contributed by atoms with Crippen LogP contribution in [0.25, 0.3) is 0 Å². The third-order valence-corrected chi connectivity index (χ3v) is 4.10. The summed E-state index contributed by atoms with van der Waals surface area (Å²) in [6, 6.07) is 6.08. The monoisotopic (exact) mass is 291 g/mol. The van der Waals surface area contributed by atoms with Crippen molar-refractivity contribution in [3.8, 4) is 5.75 Å². The van der Waals surface area contributed by atoms with E-state index in [0.29, 0.717) is 12.6 Å². The Morgan fingerprint density at radius 2 is 2.29 bits per heavy atom. The molecule has 5 heteroatoms. The molecule has 21 heavy (non-hydrogen) atoms. The zero-order chi connectivity index (χ0) is 15.2. The lowest BCUT2D eigenvalue weighted by molar-refractivity contribution is 0.248. The number of urea groups is 1. The number of methoxy groups -OCH3 is 1. The molecule has 0 radical (unpaired) electrons. The fourth-order valence-corrected chi connectivity index (χ4v) is 2.77. The van der Waals surface area contributed by atoms with Gasteiger partial charge in [0, 0.05) is 24.3 Å². The maximum absolute atomic E-state index is 11.9. The van der Waals surface area contributed by atoms with Crippen LogP contribution in [0.2, 0.25) is 0 Å². The summed E-state index contributed by atoms with van der Waals surface area (Å²) in [5.74, 6) is 0.778. The summed E-state index contributed by atoms with van der Waals surface area (Å²) in [4.78, 5) is 14.2. The van der Waals surface area contributed by atoms with Gasteiger partial charge >= 0.3 is 6.03 Å². The lowest BCUT2D eigenvalue weighted by Gasteiger charge is -2.19. The van der Waals surface area contributed by atoms with E-state index < -0.39 is 0 Å². The van der Waals surface area contributed by atoms with Crippen LogP contribution in [0.15, 0.2) is 18.2 Å². The molecule has 1 heterocycles. The Hall–Kier alpha value is -1.75. The molecule has 1 aromatic carbocycles. The van der Waals surface area contributed by atoms with Gasteiger partial charge in [-0.05, 0) is 51.4 Å². The van der Waals surface area contributed by atoms with Gasteiger partial charge in [-0.2, -0.15) is 0 Å². The maximum atomic E-state index is 11.9. The van der Waals surface area contributed by atoms with E-state index in [1.807, 2.05) is 25.1 Å². The molecule has 1 aliphatic rings. The highest BCUT2D eigenvalue weighted by atomic mass is 16.5. The molecular weight excluding hydrogens is 266 g/mol. The average Bonchev–Trinajstić information content (AvgIpc) is 2.86. The predicted molar refractivity (Wildman–Crippen MR) is 85.0 cm³/mol. The van der Waals surface area contributed by atoms with Crippen LogP contribution < -0.4 is 15.4 Å². The number of benzene rings is 1. The molecule has 116 valence electrons. The first-order chi connectivity index (χ1) is 10.1. The van der Waals surface area contributed by atoms with Crippen LogP contribution >= 0.6 is 0 Å². The number of ether oxygens (including phenoxy) is 1. The Balaban J connectivity index is 1.76. The number of nitrogens with zero attached hydrogens (tertiary/aromatic N) is 1. The summed E-state index contributed by atoms with van der Waals surface area (Å²) in [5, 5.41) is 5.75. The molecule has 0 spiro atoms. The van der Waals surface area contributed by atoms with Gasteiger partial charge < -0.3 is 20.3 Å². The number of hydrogen-bond acceptors (Lipinski definition) is 3. The summed E-state index contributed by atoms with van der Waals surface area (Å²) >= 11 is 0. The molecule has 2 amide bonds. The first kappa shape index (κ1) is 15.6. The molecule has 0 aliphatic carbocycles. The number of likely N-dealkylation sites (tertiary alicyclic amines) is 1. The average molecular weight is 291 g/mol. The molecule has 1 fully saturated rings. The number of rotatable bonds is 5. The molecule has 1 aromatic rings. The summed E-state index contributed by atoms with van der Waals surface area (Å²) < 4.78 is 5.25. The van der Waals surface area contributed by atoms with Crippen LogP contribution in [0, 0.1) is 6.92 Å². The number of amides is 2. The quantitative estimate of drug-likeness (QED) is 0.877. The summed E-state index contributed by atoms with van der Waals surface area (Å²) in [6.45, 7) is 3.84. The number of aryl methyl sites for hydroxylation is 1. The Morgan fingerprint density at radius 3 is 2.95 bits per heavy atom. The van der Waals surface area contributed by atoms with Crippen molar-refractivity contribution in [2.24, 2.45) is 0 Å². The number of anilines is 1. The molecule has 5 nitrogen and oxygen atoms in total. The van der Waals surface area contributed by atoms with E-state index in [-0.39, 0.29) is 6.03 Å². The normalized spacial score (nSPS) is 18.5. The van der Waals surface area contributed by atoms with Crippen molar-refractivity contribution in [1.29, 1.82) is 0 Å². The van der Waals surface area contributed by atoms with Gasteiger partial charge in [-0.3, -0.25) is 0 Å². The lowest BCUT2D eigenvalue weighted by atomic mass is 10.1. The highest BCUT2D eigenvalue weighted by Crippen LogP contribution is 2.22. The fourth-order valence-electron chi connectivity index (χ4n) is 2.77. The largest absolute Gasteiger partial charge is 0.496 e. The van der Waals surface area contributed by atoms with Crippen LogP contribution in [0.3, 0.4) is 0 Å². The van der Waals surface area contributed by atoms with E-state index >= 15 is 0 Å². The van der Waals surface area contributed by atoms with Gasteiger partial charge in [0.15, 0.2) is 0 Å². The summed E-state index contributed by atoms with van der Waals surface area (Å²) in [6.07, 6.45) is 3.49. The van der Waals surface area contributed by atoms with E-state index in [2.05, 4.69) is 22.6 Å². The third-order valence-electron chi connectivity index (χ3n) is 4.10. The molecular formula is C16H25N3O2. The van der Waals surface area contributed by atoms with Crippen LogP contribution in [-0.2, 0) is 0 Å². The van der Waals surface area contributed by atoms with Gasteiger partial charge in [0.2, 0.25) is 0 Å². The maximum Gasteiger partial charge on any atom is 0.319 e.